The average molecular weight is 176 g/mol. The van der Waals surface area contributed by atoms with Crippen molar-refractivity contribution in [1.29, 1.82) is 0 Å². The van der Waals surface area contributed by atoms with Gasteiger partial charge in [0.2, 0.25) is 0 Å². The molecule has 13 heavy (non-hydrogen) atoms. The van der Waals surface area contributed by atoms with Crippen molar-refractivity contribution in [2.75, 3.05) is 0 Å². The molecule has 2 aromatic rings. The highest BCUT2D eigenvalue weighted by Gasteiger charge is 1.99. The molecule has 2 aromatic carbocycles. The lowest BCUT2D eigenvalue weighted by atomic mass is 10.1. The number of rotatable bonds is 1. The van der Waals surface area contributed by atoms with E-state index in [0.29, 0.717) is 5.39 Å². The average Bonchev–Trinajstić information content (AvgIpc) is 2.18. The highest BCUT2D eigenvalue weighted by molar-refractivity contribution is 5.83. The number of halogens is 1. The van der Waals surface area contributed by atoms with E-state index in [9.17, 15) is 4.39 Å². The van der Waals surface area contributed by atoms with Gasteiger partial charge in [-0.25, -0.2) is 4.39 Å². The predicted molar refractivity (Wildman–Crippen MR) is 49.8 cm³/mol. The van der Waals surface area contributed by atoms with Crippen LogP contribution in [0.4, 0.5) is 4.39 Å². The SMILES string of the molecule is OCc1ccc2c(F)cccc2c1. The minimum absolute atomic E-state index is 0.00749. The molecular formula is C11H9FO. The first-order valence-electron chi connectivity index (χ1n) is 4.09. The van der Waals surface area contributed by atoms with Gasteiger partial charge in [0.05, 0.1) is 6.61 Å². The molecule has 1 nitrogen and oxygen atoms in total. The van der Waals surface area contributed by atoms with Crippen LogP contribution in [0.15, 0.2) is 36.4 Å². The van der Waals surface area contributed by atoms with Gasteiger partial charge < -0.3 is 5.11 Å². The van der Waals surface area contributed by atoms with Crippen molar-refractivity contribution < 1.29 is 9.50 Å². The van der Waals surface area contributed by atoms with Gasteiger partial charge in [0.1, 0.15) is 5.82 Å². The molecule has 66 valence electrons. The first-order valence-corrected chi connectivity index (χ1v) is 4.09. The minimum atomic E-state index is -0.220. The van der Waals surface area contributed by atoms with Crippen molar-refractivity contribution >= 4 is 10.8 Å². The normalized spacial score (nSPS) is 10.6. The lowest BCUT2D eigenvalue weighted by Gasteiger charge is -2.01. The first kappa shape index (κ1) is 8.20. The summed E-state index contributed by atoms with van der Waals surface area (Å²) in [7, 11) is 0. The summed E-state index contributed by atoms with van der Waals surface area (Å²) in [4.78, 5) is 0. The third-order valence-corrected chi connectivity index (χ3v) is 2.07. The molecule has 0 fully saturated rings. The molecule has 0 aromatic heterocycles. The van der Waals surface area contributed by atoms with Crippen LogP contribution in [0.1, 0.15) is 5.56 Å². The van der Waals surface area contributed by atoms with Crippen LogP contribution >= 0.6 is 0 Å². The predicted octanol–water partition coefficient (Wildman–Crippen LogP) is 2.47. The Kier molecular flexibility index (Phi) is 1.99. The monoisotopic (exact) mass is 176 g/mol. The summed E-state index contributed by atoms with van der Waals surface area (Å²) in [5.41, 5.74) is 0.804. The van der Waals surface area contributed by atoms with E-state index in [4.69, 9.17) is 5.11 Å². The number of fused-ring (bicyclic) bond motifs is 1. The Labute approximate surface area is 75.4 Å². The molecule has 0 aliphatic rings. The largest absolute Gasteiger partial charge is 0.392 e. The third-order valence-electron chi connectivity index (χ3n) is 2.07. The molecule has 2 rings (SSSR count). The number of hydrogen-bond acceptors (Lipinski definition) is 1. The van der Waals surface area contributed by atoms with Crippen molar-refractivity contribution in [3.05, 3.63) is 47.8 Å². The first-order chi connectivity index (χ1) is 6.31. The lowest BCUT2D eigenvalue weighted by molar-refractivity contribution is 0.282. The highest BCUT2D eigenvalue weighted by atomic mass is 19.1. The van der Waals surface area contributed by atoms with Gasteiger partial charge in [-0.2, -0.15) is 0 Å². The fourth-order valence-corrected chi connectivity index (χ4v) is 1.39. The van der Waals surface area contributed by atoms with E-state index < -0.39 is 0 Å². The van der Waals surface area contributed by atoms with Crippen LogP contribution in [0, 0.1) is 5.82 Å². The smallest absolute Gasteiger partial charge is 0.131 e. The molecule has 0 aliphatic carbocycles. The summed E-state index contributed by atoms with van der Waals surface area (Å²) < 4.78 is 13.2. The van der Waals surface area contributed by atoms with E-state index in [1.807, 2.05) is 6.07 Å². The summed E-state index contributed by atoms with van der Waals surface area (Å²) in [6.45, 7) is -0.00749. The molecule has 0 amide bonds. The van der Waals surface area contributed by atoms with Crippen LogP contribution in [0.2, 0.25) is 0 Å². The van der Waals surface area contributed by atoms with Crippen LogP contribution in [-0.4, -0.2) is 5.11 Å². The van der Waals surface area contributed by atoms with Gasteiger partial charge in [0, 0.05) is 5.39 Å². The molecule has 1 N–H and O–H groups in total. The van der Waals surface area contributed by atoms with E-state index >= 15 is 0 Å². The Balaban J connectivity index is 2.72. The Bertz CT molecular complexity index is 437. The Morgan fingerprint density at radius 2 is 2.00 bits per heavy atom. The van der Waals surface area contributed by atoms with E-state index in [1.54, 1.807) is 24.3 Å². The Hall–Kier alpha value is -1.41. The molecule has 0 saturated heterocycles. The maximum Gasteiger partial charge on any atom is 0.131 e. The van der Waals surface area contributed by atoms with E-state index in [-0.39, 0.29) is 12.4 Å². The molecule has 0 bridgehead atoms. The van der Waals surface area contributed by atoms with Gasteiger partial charge >= 0.3 is 0 Å². The molecule has 0 spiro atoms. The van der Waals surface area contributed by atoms with Gasteiger partial charge in [-0.15, -0.1) is 0 Å². The van der Waals surface area contributed by atoms with E-state index in [2.05, 4.69) is 0 Å². The number of benzene rings is 2. The maximum atomic E-state index is 13.2. The zero-order valence-corrected chi connectivity index (χ0v) is 7.00. The summed E-state index contributed by atoms with van der Waals surface area (Å²) in [5.74, 6) is -0.220. The topological polar surface area (TPSA) is 20.2 Å². The minimum Gasteiger partial charge on any atom is -0.392 e. The molecule has 0 radical (unpaired) electrons. The van der Waals surface area contributed by atoms with Gasteiger partial charge in [-0.3, -0.25) is 0 Å². The second kappa shape index (κ2) is 3.15. The molecule has 2 heteroatoms. The second-order valence-electron chi connectivity index (χ2n) is 2.95. The highest BCUT2D eigenvalue weighted by Crippen LogP contribution is 2.18. The summed E-state index contributed by atoms with van der Waals surface area (Å²) >= 11 is 0. The van der Waals surface area contributed by atoms with Crippen molar-refractivity contribution in [1.82, 2.24) is 0 Å². The molecule has 0 heterocycles. The van der Waals surface area contributed by atoms with Crippen LogP contribution in [0.25, 0.3) is 10.8 Å². The van der Waals surface area contributed by atoms with Crippen LogP contribution in [0.3, 0.4) is 0 Å². The van der Waals surface area contributed by atoms with Gasteiger partial charge in [-0.1, -0.05) is 24.3 Å². The zero-order valence-electron chi connectivity index (χ0n) is 7.00. The third kappa shape index (κ3) is 1.40. The summed E-state index contributed by atoms with van der Waals surface area (Å²) in [5, 5.41) is 10.3. The fourth-order valence-electron chi connectivity index (χ4n) is 1.39. The van der Waals surface area contributed by atoms with Crippen LogP contribution in [0.5, 0.6) is 0 Å². The van der Waals surface area contributed by atoms with Crippen molar-refractivity contribution in [2.45, 2.75) is 6.61 Å². The summed E-state index contributed by atoms with van der Waals surface area (Å²) in [6.07, 6.45) is 0. The summed E-state index contributed by atoms with van der Waals surface area (Å²) in [6, 6.07) is 10.1. The van der Waals surface area contributed by atoms with Gasteiger partial charge in [-0.05, 0) is 23.1 Å². The lowest BCUT2D eigenvalue weighted by Crippen LogP contribution is -1.84. The molecule has 0 atom stereocenters. The standard InChI is InChI=1S/C11H9FO/c12-11-3-1-2-9-6-8(7-13)4-5-10(9)11/h1-6,13H,7H2. The molecule has 0 unspecified atom stereocenters. The van der Waals surface area contributed by atoms with E-state index in [0.717, 1.165) is 10.9 Å². The van der Waals surface area contributed by atoms with E-state index in [1.165, 1.54) is 6.07 Å². The van der Waals surface area contributed by atoms with Crippen molar-refractivity contribution in [2.24, 2.45) is 0 Å². The van der Waals surface area contributed by atoms with Crippen LogP contribution < -0.4 is 0 Å². The van der Waals surface area contributed by atoms with Crippen molar-refractivity contribution in [3.63, 3.8) is 0 Å². The van der Waals surface area contributed by atoms with Crippen LogP contribution in [-0.2, 0) is 6.61 Å². The zero-order chi connectivity index (χ0) is 9.26. The Morgan fingerprint density at radius 1 is 1.15 bits per heavy atom. The number of aliphatic hydroxyl groups is 1. The molecule has 0 aliphatic heterocycles. The Morgan fingerprint density at radius 3 is 2.77 bits per heavy atom. The van der Waals surface area contributed by atoms with Crippen molar-refractivity contribution in [3.8, 4) is 0 Å². The number of hydrogen-bond donors (Lipinski definition) is 1. The fraction of sp³-hybridized carbons (Fsp3) is 0.0909. The van der Waals surface area contributed by atoms with Gasteiger partial charge in [0.15, 0.2) is 0 Å². The number of aliphatic hydroxyl groups excluding tert-OH is 1. The second-order valence-corrected chi connectivity index (χ2v) is 2.95. The van der Waals surface area contributed by atoms with Gasteiger partial charge in [0.25, 0.3) is 0 Å². The quantitative estimate of drug-likeness (QED) is 0.707. The molecular weight excluding hydrogens is 167 g/mol. The molecule has 0 saturated carbocycles. The maximum absolute atomic E-state index is 13.2.